The van der Waals surface area contributed by atoms with Crippen LogP contribution in [0.4, 0.5) is 0 Å². The number of carboxylic acids is 1. The molecule has 19 heteroatoms. The molecule has 1 aromatic rings. The molecular weight excluding hydrogens is 731 g/mol. The van der Waals surface area contributed by atoms with Gasteiger partial charge in [0, 0.05) is 19.5 Å². The summed E-state index contributed by atoms with van der Waals surface area (Å²) in [6, 6.07) is -0.642. The summed E-state index contributed by atoms with van der Waals surface area (Å²) in [5, 5.41) is 29.2. The average molecular weight is 767 g/mol. The van der Waals surface area contributed by atoms with Gasteiger partial charge >= 0.3 is 5.97 Å². The maximum Gasteiger partial charge on any atom is 0.305 e. The Labute approximate surface area is 277 Å². The number of amides is 5. The molecule has 0 radical (unpaired) electrons. The molecule has 0 unspecified atom stereocenters. The molecule has 2 aliphatic heterocycles. The van der Waals surface area contributed by atoms with Gasteiger partial charge in [-0.3, -0.25) is 33.8 Å². The van der Waals surface area contributed by atoms with Crippen molar-refractivity contribution in [1.29, 1.82) is 0 Å². The number of halogens is 2. The zero-order valence-electron chi connectivity index (χ0n) is 24.0. The van der Waals surface area contributed by atoms with Gasteiger partial charge < -0.3 is 52.6 Å². The highest BCUT2D eigenvalue weighted by Crippen LogP contribution is 2.22. The van der Waals surface area contributed by atoms with Crippen molar-refractivity contribution in [2.45, 2.75) is 49.9 Å². The lowest BCUT2D eigenvalue weighted by atomic mass is 10.0. The topological polar surface area (TPSA) is 268 Å². The predicted molar refractivity (Wildman–Crippen MR) is 169 cm³/mol. The molecule has 0 spiro atoms. The number of rotatable bonds is 8. The molecule has 45 heavy (non-hydrogen) atoms. The first-order valence-corrected chi connectivity index (χ1v) is 14.7. The maximum atomic E-state index is 14.0. The van der Waals surface area contributed by atoms with Gasteiger partial charge in [0.15, 0.2) is 5.96 Å². The van der Waals surface area contributed by atoms with Crippen molar-refractivity contribution in [3.63, 3.8) is 0 Å². The Morgan fingerprint density at radius 2 is 1.76 bits per heavy atom. The molecule has 2 saturated heterocycles. The summed E-state index contributed by atoms with van der Waals surface area (Å²) in [7, 11) is 0. The van der Waals surface area contributed by atoms with E-state index in [9.17, 15) is 39.0 Å². The van der Waals surface area contributed by atoms with E-state index < -0.39 is 72.6 Å². The Hall–Kier alpha value is -3.91. The average Bonchev–Trinajstić information content (AvgIpc) is 2.97. The third kappa shape index (κ3) is 11.2. The van der Waals surface area contributed by atoms with Crippen LogP contribution in [-0.2, 0) is 39.9 Å². The molecule has 4 atom stereocenters. The number of hydrogen-bond donors (Lipinski definition) is 8. The molecular formula is C26H36ClIN8O9. The maximum absolute atomic E-state index is 14.0. The number of aliphatic imine (C=N–C) groups is 1. The van der Waals surface area contributed by atoms with Crippen molar-refractivity contribution in [2.75, 3.05) is 32.8 Å². The molecule has 248 valence electrons. The summed E-state index contributed by atoms with van der Waals surface area (Å²) in [5.41, 5.74) is 11.2. The molecule has 2 heterocycles. The van der Waals surface area contributed by atoms with Crippen molar-refractivity contribution < 1.29 is 43.7 Å². The normalized spacial score (nSPS) is 23.0. The summed E-state index contributed by atoms with van der Waals surface area (Å²) < 4.78 is 5.96. The first-order chi connectivity index (χ1) is 20.8. The summed E-state index contributed by atoms with van der Waals surface area (Å²) in [6.45, 7) is -0.600. The number of aromatic hydroxyl groups is 1. The number of hydrogen-bond acceptors (Lipinski definition) is 9. The van der Waals surface area contributed by atoms with Crippen molar-refractivity contribution in [1.82, 2.24) is 26.2 Å². The number of nitrogens with zero attached hydrogens (tertiary/aromatic N) is 2. The van der Waals surface area contributed by atoms with Crippen LogP contribution in [0.1, 0.15) is 24.8 Å². The van der Waals surface area contributed by atoms with Crippen LogP contribution in [0.15, 0.2) is 23.2 Å². The molecule has 2 fully saturated rings. The van der Waals surface area contributed by atoms with E-state index in [-0.39, 0.29) is 69.7 Å². The molecule has 0 saturated carbocycles. The molecule has 17 nitrogen and oxygen atoms in total. The standard InChI is InChI=1S/C26H35IN8O9.ClH/c27-14-8-13(3-4-19(14)36)9-17-25(43)35-6-7-44-12-18(35)24(42)33-15(2-1-5-30-26(28)29)22(40)31-11-20(37)32-16(10-21(38)39)23(41)34-17;/h3-4,8,15-18,36H,1-2,5-7,9-12H2,(H,31,40)(H,32,37)(H,33,42)(H,34,41)(H,38,39)(H4,28,29,30);1H/t15-,16-,17+,18+;/m0./s1. The van der Waals surface area contributed by atoms with Crippen LogP contribution in [0.3, 0.4) is 0 Å². The van der Waals surface area contributed by atoms with Crippen LogP contribution < -0.4 is 32.7 Å². The first kappa shape index (κ1) is 37.3. The monoisotopic (exact) mass is 766 g/mol. The van der Waals surface area contributed by atoms with E-state index in [0.29, 0.717) is 9.13 Å². The second kappa shape index (κ2) is 17.5. The number of nitrogens with one attached hydrogen (secondary N) is 4. The summed E-state index contributed by atoms with van der Waals surface area (Å²) >= 11 is 1.90. The Balaban J connectivity index is 0.00000705. The van der Waals surface area contributed by atoms with Gasteiger partial charge in [-0.25, -0.2) is 0 Å². The van der Waals surface area contributed by atoms with Crippen molar-refractivity contribution in [3.05, 3.63) is 27.3 Å². The van der Waals surface area contributed by atoms with Crippen molar-refractivity contribution in [3.8, 4) is 5.75 Å². The third-order valence-electron chi connectivity index (χ3n) is 6.81. The van der Waals surface area contributed by atoms with Crippen LogP contribution >= 0.6 is 35.0 Å². The van der Waals surface area contributed by atoms with Gasteiger partial charge in [0.2, 0.25) is 29.5 Å². The van der Waals surface area contributed by atoms with Crippen LogP contribution in [-0.4, -0.2) is 114 Å². The lowest BCUT2D eigenvalue weighted by Crippen LogP contribution is -2.62. The number of morpholine rings is 1. The number of carbonyl (C=O) groups is 6. The van der Waals surface area contributed by atoms with E-state index in [0.717, 1.165) is 0 Å². The third-order valence-corrected chi connectivity index (χ3v) is 7.68. The molecule has 10 N–H and O–H groups in total. The first-order valence-electron chi connectivity index (χ1n) is 13.7. The minimum absolute atomic E-state index is 0. The fourth-order valence-electron chi connectivity index (χ4n) is 4.63. The lowest BCUT2D eigenvalue weighted by molar-refractivity contribution is -0.151. The Morgan fingerprint density at radius 3 is 2.42 bits per heavy atom. The number of fused-ring (bicyclic) bond motifs is 1. The smallest absolute Gasteiger partial charge is 0.305 e. The highest BCUT2D eigenvalue weighted by Gasteiger charge is 2.39. The van der Waals surface area contributed by atoms with E-state index in [1.807, 2.05) is 22.6 Å². The number of phenolic OH excluding ortho intramolecular Hbond substituents is 1. The largest absolute Gasteiger partial charge is 0.507 e. The van der Waals surface area contributed by atoms with E-state index in [2.05, 4.69) is 26.3 Å². The predicted octanol–water partition coefficient (Wildman–Crippen LogP) is -2.70. The number of benzene rings is 1. The zero-order valence-corrected chi connectivity index (χ0v) is 27.0. The fraction of sp³-hybridized carbons (Fsp3) is 0.500. The van der Waals surface area contributed by atoms with Gasteiger partial charge in [0.1, 0.15) is 29.9 Å². The number of phenols is 1. The number of guanidine groups is 1. The molecule has 0 bridgehead atoms. The van der Waals surface area contributed by atoms with Gasteiger partial charge in [-0.2, -0.15) is 0 Å². The van der Waals surface area contributed by atoms with Gasteiger partial charge in [0.05, 0.1) is 29.7 Å². The van der Waals surface area contributed by atoms with Crippen molar-refractivity contribution >= 4 is 76.5 Å². The van der Waals surface area contributed by atoms with E-state index >= 15 is 0 Å². The fourth-order valence-corrected chi connectivity index (χ4v) is 5.21. The summed E-state index contributed by atoms with van der Waals surface area (Å²) in [6.07, 6.45) is -0.550. The van der Waals surface area contributed by atoms with Crippen molar-refractivity contribution in [2.24, 2.45) is 16.5 Å². The second-order valence-corrected chi connectivity index (χ2v) is 11.3. The zero-order chi connectivity index (χ0) is 32.4. The van der Waals surface area contributed by atoms with Gasteiger partial charge in [-0.1, -0.05) is 6.07 Å². The molecule has 1 aromatic carbocycles. The minimum Gasteiger partial charge on any atom is -0.507 e. The van der Waals surface area contributed by atoms with Gasteiger partial charge in [-0.05, 0) is 53.1 Å². The Kier molecular flexibility index (Phi) is 14.5. The van der Waals surface area contributed by atoms with Crippen LogP contribution in [0.2, 0.25) is 0 Å². The van der Waals surface area contributed by atoms with E-state index in [4.69, 9.17) is 16.2 Å². The molecule has 0 aromatic heterocycles. The Bertz CT molecular complexity index is 1310. The summed E-state index contributed by atoms with van der Waals surface area (Å²) in [4.78, 5) is 83.1. The van der Waals surface area contributed by atoms with Gasteiger partial charge in [-0.15, -0.1) is 12.4 Å². The minimum atomic E-state index is -1.59. The number of aliphatic carboxylic acids is 1. The number of nitrogens with two attached hydrogens (primary N) is 2. The molecule has 5 amide bonds. The Morgan fingerprint density at radius 1 is 1.04 bits per heavy atom. The van der Waals surface area contributed by atoms with Crippen LogP contribution in [0, 0.1) is 3.57 Å². The summed E-state index contributed by atoms with van der Waals surface area (Å²) in [5.74, 6) is -5.48. The SMILES string of the molecule is Cl.NC(N)=NCCC[C@@H]1NC(=O)[C@H]2COCCN2C(=O)[C@@H](Cc2ccc(O)c(I)c2)NC(=O)[C@H](CC(=O)O)NC(=O)CNC1=O. The lowest BCUT2D eigenvalue weighted by Gasteiger charge is -2.37. The highest BCUT2D eigenvalue weighted by molar-refractivity contribution is 14.1. The highest BCUT2D eigenvalue weighted by atomic mass is 127. The molecule has 3 rings (SSSR count). The van der Waals surface area contributed by atoms with Gasteiger partial charge in [0.25, 0.3) is 0 Å². The van der Waals surface area contributed by atoms with E-state index in [1.54, 1.807) is 12.1 Å². The number of ether oxygens (including phenoxy) is 1. The molecule has 2 aliphatic rings. The van der Waals surface area contributed by atoms with E-state index in [1.165, 1.54) is 11.0 Å². The number of carboxylic acid groups (broad SMARTS) is 1. The van der Waals surface area contributed by atoms with Crippen LogP contribution in [0.5, 0.6) is 5.75 Å². The second-order valence-electron chi connectivity index (χ2n) is 10.1. The quantitative estimate of drug-likeness (QED) is 0.0584. The number of carbonyl (C=O) groups excluding carboxylic acids is 5. The van der Waals surface area contributed by atoms with Crippen LogP contribution in [0.25, 0.3) is 0 Å². The molecule has 0 aliphatic carbocycles.